The number of rotatable bonds is 5. The lowest BCUT2D eigenvalue weighted by Gasteiger charge is -2.22. The number of nitrogens with two attached hydrogens (primary N) is 1. The van der Waals surface area contributed by atoms with Crippen LogP contribution in [0.5, 0.6) is 0 Å². The fraction of sp³-hybridized carbons (Fsp3) is 0.160. The Bertz CT molecular complexity index is 1470. The highest BCUT2D eigenvalue weighted by Gasteiger charge is 2.33. The lowest BCUT2D eigenvalue weighted by atomic mass is 9.97. The first kappa shape index (κ1) is 21.8. The van der Waals surface area contributed by atoms with Crippen LogP contribution in [0.25, 0.3) is 10.8 Å². The molecular weight excluding hydrogens is 448 g/mol. The quantitative estimate of drug-likeness (QED) is 0.354. The van der Waals surface area contributed by atoms with Crippen molar-refractivity contribution < 1.29 is 4.79 Å². The van der Waals surface area contributed by atoms with E-state index in [4.69, 9.17) is 10.9 Å². The standard InChI is InChI=1S/C25H22N6O2S/c1-16-24(33)30(26)25(28-27-16)34-15-23(32)31-22(18-8-3-2-4-9-18)14-21(29-31)20-12-11-17-7-5-6-10-19(17)13-20/h2-13,22H,14-15,26H2,1H3/t22-/m1/s1. The lowest BCUT2D eigenvalue weighted by Crippen LogP contribution is -2.33. The number of aromatic nitrogens is 3. The molecule has 1 aliphatic heterocycles. The summed E-state index contributed by atoms with van der Waals surface area (Å²) in [5.41, 5.74) is 2.61. The molecule has 2 N–H and O–H groups in total. The number of hydrazone groups is 1. The van der Waals surface area contributed by atoms with Gasteiger partial charge in [-0.25, -0.2) is 5.01 Å². The molecule has 0 bridgehead atoms. The third kappa shape index (κ3) is 4.17. The van der Waals surface area contributed by atoms with Crippen molar-refractivity contribution in [3.63, 3.8) is 0 Å². The predicted octanol–water partition coefficient (Wildman–Crippen LogP) is 3.28. The molecule has 0 saturated heterocycles. The Morgan fingerprint density at radius 3 is 2.56 bits per heavy atom. The fourth-order valence-corrected chi connectivity index (χ4v) is 4.68. The van der Waals surface area contributed by atoms with Crippen LogP contribution < -0.4 is 11.4 Å². The number of fused-ring (bicyclic) bond motifs is 1. The Balaban J connectivity index is 1.44. The molecule has 34 heavy (non-hydrogen) atoms. The van der Waals surface area contributed by atoms with Crippen LogP contribution in [0.1, 0.15) is 29.3 Å². The van der Waals surface area contributed by atoms with Crippen molar-refractivity contribution in [2.45, 2.75) is 24.5 Å². The van der Waals surface area contributed by atoms with Crippen molar-refractivity contribution in [3.05, 3.63) is 100.0 Å². The Hall–Kier alpha value is -3.98. The summed E-state index contributed by atoms with van der Waals surface area (Å²) < 4.78 is 0.919. The van der Waals surface area contributed by atoms with Gasteiger partial charge in [-0.1, -0.05) is 78.5 Å². The first-order valence-corrected chi connectivity index (χ1v) is 11.8. The summed E-state index contributed by atoms with van der Waals surface area (Å²) in [5, 5.41) is 16.5. The van der Waals surface area contributed by atoms with Crippen LogP contribution in [-0.2, 0) is 4.79 Å². The number of benzene rings is 3. The Labute approximate surface area is 200 Å². The monoisotopic (exact) mass is 470 g/mol. The van der Waals surface area contributed by atoms with Crippen LogP contribution in [0.3, 0.4) is 0 Å². The highest BCUT2D eigenvalue weighted by Crippen LogP contribution is 2.34. The number of nitrogen functional groups attached to an aromatic ring is 1. The minimum Gasteiger partial charge on any atom is -0.334 e. The van der Waals surface area contributed by atoms with E-state index in [1.165, 1.54) is 11.9 Å². The maximum atomic E-state index is 13.3. The van der Waals surface area contributed by atoms with Crippen molar-refractivity contribution in [1.82, 2.24) is 19.9 Å². The molecule has 4 aromatic rings. The largest absolute Gasteiger partial charge is 0.334 e. The van der Waals surface area contributed by atoms with Gasteiger partial charge in [-0.15, -0.1) is 10.2 Å². The average Bonchev–Trinajstić information content (AvgIpc) is 3.33. The molecule has 170 valence electrons. The SMILES string of the molecule is Cc1nnc(SCC(=O)N2N=C(c3ccc4ccccc4c3)C[C@@H]2c2ccccc2)n(N)c1=O. The maximum absolute atomic E-state index is 13.3. The van der Waals surface area contributed by atoms with E-state index in [2.05, 4.69) is 34.5 Å². The van der Waals surface area contributed by atoms with Crippen molar-refractivity contribution in [2.75, 3.05) is 11.6 Å². The van der Waals surface area contributed by atoms with Gasteiger partial charge < -0.3 is 5.84 Å². The summed E-state index contributed by atoms with van der Waals surface area (Å²) in [5.74, 6) is 5.63. The van der Waals surface area contributed by atoms with Crippen LogP contribution in [-0.4, -0.2) is 37.3 Å². The molecule has 9 heteroatoms. The molecular formula is C25H22N6O2S. The van der Waals surface area contributed by atoms with Gasteiger partial charge in [0, 0.05) is 6.42 Å². The summed E-state index contributed by atoms with van der Waals surface area (Å²) >= 11 is 1.06. The maximum Gasteiger partial charge on any atom is 0.294 e. The summed E-state index contributed by atoms with van der Waals surface area (Å²) in [4.78, 5) is 25.3. The van der Waals surface area contributed by atoms with Gasteiger partial charge in [-0.05, 0) is 34.9 Å². The second-order valence-electron chi connectivity index (χ2n) is 8.01. The van der Waals surface area contributed by atoms with Gasteiger partial charge in [0.1, 0.15) is 5.69 Å². The molecule has 1 amide bonds. The number of aryl methyl sites for hydroxylation is 1. The van der Waals surface area contributed by atoms with Crippen LogP contribution in [0.2, 0.25) is 0 Å². The third-order valence-corrected chi connectivity index (χ3v) is 6.71. The number of carbonyl (C=O) groups is 1. The van der Waals surface area contributed by atoms with Gasteiger partial charge >= 0.3 is 0 Å². The summed E-state index contributed by atoms with van der Waals surface area (Å²) in [7, 11) is 0. The molecule has 0 saturated carbocycles. The third-order valence-electron chi connectivity index (χ3n) is 5.78. The highest BCUT2D eigenvalue weighted by molar-refractivity contribution is 7.99. The van der Waals surface area contributed by atoms with Crippen molar-refractivity contribution >= 4 is 34.2 Å². The van der Waals surface area contributed by atoms with Crippen LogP contribution in [0.4, 0.5) is 0 Å². The van der Waals surface area contributed by atoms with E-state index in [-0.39, 0.29) is 28.6 Å². The minimum atomic E-state index is -0.440. The number of hydrogen-bond donors (Lipinski definition) is 1. The van der Waals surface area contributed by atoms with E-state index in [1.807, 2.05) is 48.5 Å². The van der Waals surface area contributed by atoms with E-state index in [1.54, 1.807) is 0 Å². The summed E-state index contributed by atoms with van der Waals surface area (Å²) in [6.45, 7) is 1.54. The number of amides is 1. The molecule has 0 aliphatic carbocycles. The zero-order valence-electron chi connectivity index (χ0n) is 18.5. The fourth-order valence-electron chi connectivity index (χ4n) is 3.98. The molecule has 1 aliphatic rings. The van der Waals surface area contributed by atoms with Crippen LogP contribution >= 0.6 is 11.8 Å². The molecule has 0 unspecified atom stereocenters. The molecule has 1 aromatic heterocycles. The first-order valence-electron chi connectivity index (χ1n) is 10.8. The molecule has 5 rings (SSSR count). The zero-order valence-corrected chi connectivity index (χ0v) is 19.3. The highest BCUT2D eigenvalue weighted by atomic mass is 32.2. The second kappa shape index (κ2) is 9.11. The van der Waals surface area contributed by atoms with Crippen LogP contribution in [0.15, 0.2) is 87.8 Å². The summed E-state index contributed by atoms with van der Waals surface area (Å²) in [6.07, 6.45) is 0.602. The lowest BCUT2D eigenvalue weighted by molar-refractivity contribution is -0.130. The minimum absolute atomic E-state index is 0.0201. The smallest absolute Gasteiger partial charge is 0.294 e. The molecule has 3 aromatic carbocycles. The van der Waals surface area contributed by atoms with Gasteiger partial charge in [0.25, 0.3) is 11.5 Å². The average molecular weight is 471 g/mol. The molecule has 8 nitrogen and oxygen atoms in total. The normalized spacial score (nSPS) is 15.5. The van der Waals surface area contributed by atoms with E-state index < -0.39 is 5.56 Å². The van der Waals surface area contributed by atoms with Gasteiger partial charge in [-0.2, -0.15) is 9.78 Å². The Morgan fingerprint density at radius 2 is 1.76 bits per heavy atom. The van der Waals surface area contributed by atoms with Gasteiger partial charge in [0.05, 0.1) is 17.5 Å². The zero-order chi connectivity index (χ0) is 23.7. The van der Waals surface area contributed by atoms with Crippen molar-refractivity contribution in [3.8, 4) is 0 Å². The Kier molecular flexibility index (Phi) is 5.85. The van der Waals surface area contributed by atoms with Gasteiger partial charge in [0.2, 0.25) is 5.16 Å². The molecule has 0 spiro atoms. The number of thioether (sulfide) groups is 1. The van der Waals surface area contributed by atoms with Crippen molar-refractivity contribution in [2.24, 2.45) is 5.10 Å². The van der Waals surface area contributed by atoms with Crippen LogP contribution in [0, 0.1) is 6.92 Å². The van der Waals surface area contributed by atoms with Gasteiger partial charge in [0.15, 0.2) is 0 Å². The van der Waals surface area contributed by atoms with E-state index in [0.717, 1.165) is 44.0 Å². The van der Waals surface area contributed by atoms with E-state index in [0.29, 0.717) is 6.42 Å². The molecule has 1 atom stereocenters. The van der Waals surface area contributed by atoms with Crippen molar-refractivity contribution in [1.29, 1.82) is 0 Å². The van der Waals surface area contributed by atoms with E-state index >= 15 is 0 Å². The summed E-state index contributed by atoms with van der Waals surface area (Å²) in [6, 6.07) is 24.0. The van der Waals surface area contributed by atoms with Gasteiger partial charge in [-0.3, -0.25) is 9.59 Å². The topological polar surface area (TPSA) is 106 Å². The molecule has 0 fully saturated rings. The number of carbonyl (C=O) groups excluding carboxylic acids is 1. The molecule has 0 radical (unpaired) electrons. The van der Waals surface area contributed by atoms with E-state index in [9.17, 15) is 9.59 Å². The first-order chi connectivity index (χ1) is 16.5. The second-order valence-corrected chi connectivity index (χ2v) is 8.95. The number of nitrogens with zero attached hydrogens (tertiary/aromatic N) is 5. The predicted molar refractivity (Wildman–Crippen MR) is 133 cm³/mol. The molecule has 2 heterocycles. The Morgan fingerprint density at radius 1 is 1.03 bits per heavy atom. The number of hydrogen-bond acceptors (Lipinski definition) is 7.